The summed E-state index contributed by atoms with van der Waals surface area (Å²) in [6, 6.07) is 5.03. The van der Waals surface area contributed by atoms with Crippen molar-refractivity contribution in [3.63, 3.8) is 0 Å². The molecule has 13 heteroatoms. The van der Waals surface area contributed by atoms with Gasteiger partial charge in [0.2, 0.25) is 5.88 Å². The van der Waals surface area contributed by atoms with Crippen LogP contribution in [0.25, 0.3) is 0 Å². The Labute approximate surface area is 183 Å². The van der Waals surface area contributed by atoms with Gasteiger partial charge < -0.3 is 10.1 Å². The standard InChI is InChI=1S/C17H14Cl2F3N3O4S/c18-13-2-1-11(25(27)28)9-12(13)16(26)23-3-5-30-6-4-29-15-8-10(17(20,21)22)7-14(19)24-15/h1-2,7-9H,3-6H2,(H,23,26). The number of alkyl halides is 3. The van der Waals surface area contributed by atoms with Gasteiger partial charge in [0.15, 0.2) is 0 Å². The van der Waals surface area contributed by atoms with Crippen LogP contribution in [0.2, 0.25) is 10.2 Å². The molecule has 2 rings (SSSR count). The highest BCUT2D eigenvalue weighted by Crippen LogP contribution is 2.32. The first-order valence-corrected chi connectivity index (χ1v) is 10.2. The van der Waals surface area contributed by atoms with Crippen LogP contribution in [-0.2, 0) is 6.18 Å². The molecule has 0 saturated heterocycles. The first-order chi connectivity index (χ1) is 14.1. The molecule has 0 radical (unpaired) electrons. The van der Waals surface area contributed by atoms with Crippen LogP contribution in [0.3, 0.4) is 0 Å². The van der Waals surface area contributed by atoms with Crippen molar-refractivity contribution in [2.45, 2.75) is 6.18 Å². The van der Waals surface area contributed by atoms with Crippen LogP contribution in [0, 0.1) is 10.1 Å². The quantitative estimate of drug-likeness (QED) is 0.237. The molecule has 1 N–H and O–H groups in total. The molecule has 0 bridgehead atoms. The van der Waals surface area contributed by atoms with Gasteiger partial charge in [-0.05, 0) is 12.1 Å². The Morgan fingerprint density at radius 2 is 1.97 bits per heavy atom. The monoisotopic (exact) mass is 483 g/mol. The number of nitro benzene ring substituents is 1. The predicted molar refractivity (Wildman–Crippen MR) is 108 cm³/mol. The SMILES string of the molecule is O=C(NCCSCCOc1cc(C(F)(F)F)cc(Cl)n1)c1cc([N+](=O)[O-])ccc1Cl. The lowest BCUT2D eigenvalue weighted by molar-refractivity contribution is -0.384. The van der Waals surface area contributed by atoms with Crippen molar-refractivity contribution in [1.29, 1.82) is 0 Å². The van der Waals surface area contributed by atoms with Crippen LogP contribution in [-0.4, -0.2) is 40.5 Å². The summed E-state index contributed by atoms with van der Waals surface area (Å²) in [6.45, 7) is 0.329. The third-order valence-corrected chi connectivity index (χ3v) is 4.98. The topological polar surface area (TPSA) is 94.4 Å². The molecule has 30 heavy (non-hydrogen) atoms. The summed E-state index contributed by atoms with van der Waals surface area (Å²) in [5.41, 5.74) is -1.21. The van der Waals surface area contributed by atoms with Gasteiger partial charge in [-0.3, -0.25) is 14.9 Å². The minimum absolute atomic E-state index is 0.00769. The van der Waals surface area contributed by atoms with E-state index in [4.69, 9.17) is 27.9 Å². The number of carbonyl (C=O) groups is 1. The largest absolute Gasteiger partial charge is 0.477 e. The lowest BCUT2D eigenvalue weighted by Crippen LogP contribution is -2.26. The number of nitro groups is 1. The second kappa shape index (κ2) is 10.7. The molecule has 1 heterocycles. The number of rotatable bonds is 9. The van der Waals surface area contributed by atoms with E-state index < -0.39 is 22.6 Å². The average molecular weight is 484 g/mol. The van der Waals surface area contributed by atoms with Gasteiger partial charge in [-0.2, -0.15) is 24.9 Å². The Morgan fingerprint density at radius 1 is 1.23 bits per heavy atom. The second-order valence-corrected chi connectivity index (χ2v) is 7.67. The number of nitrogens with zero attached hydrogens (tertiary/aromatic N) is 2. The Hall–Kier alpha value is -2.24. The zero-order valence-electron chi connectivity index (χ0n) is 15.0. The van der Waals surface area contributed by atoms with E-state index in [2.05, 4.69) is 10.3 Å². The average Bonchev–Trinajstić information content (AvgIpc) is 2.66. The fraction of sp³-hybridized carbons (Fsp3) is 0.294. The highest BCUT2D eigenvalue weighted by molar-refractivity contribution is 7.99. The van der Waals surface area contributed by atoms with Gasteiger partial charge in [0.1, 0.15) is 5.15 Å². The number of nitrogens with one attached hydrogen (secondary N) is 1. The maximum absolute atomic E-state index is 12.7. The summed E-state index contributed by atoms with van der Waals surface area (Å²) in [5, 5.41) is 13.1. The lowest BCUT2D eigenvalue weighted by Gasteiger charge is -2.10. The van der Waals surface area contributed by atoms with Gasteiger partial charge in [0, 0.05) is 36.2 Å². The molecule has 0 aliphatic heterocycles. The predicted octanol–water partition coefficient (Wildman–Crippen LogP) is 4.86. The number of non-ortho nitro benzene ring substituents is 1. The van der Waals surface area contributed by atoms with E-state index in [-0.39, 0.29) is 40.5 Å². The van der Waals surface area contributed by atoms with E-state index >= 15 is 0 Å². The first kappa shape index (κ1) is 24.0. The molecular weight excluding hydrogens is 470 g/mol. The summed E-state index contributed by atoms with van der Waals surface area (Å²) in [5.74, 6) is 0.105. The smallest absolute Gasteiger partial charge is 0.416 e. The third-order valence-electron chi connectivity index (χ3n) is 3.51. The van der Waals surface area contributed by atoms with Gasteiger partial charge in [0.05, 0.1) is 27.7 Å². The van der Waals surface area contributed by atoms with E-state index in [0.717, 1.165) is 12.1 Å². The Balaban J connectivity index is 1.73. The number of aromatic nitrogens is 1. The molecular formula is C17H14Cl2F3N3O4S. The number of benzene rings is 1. The number of ether oxygens (including phenoxy) is 1. The van der Waals surface area contributed by atoms with Crippen molar-refractivity contribution in [1.82, 2.24) is 10.3 Å². The third kappa shape index (κ3) is 7.22. The molecule has 162 valence electrons. The minimum Gasteiger partial charge on any atom is -0.477 e. The van der Waals surface area contributed by atoms with Crippen LogP contribution in [0.5, 0.6) is 5.88 Å². The fourth-order valence-electron chi connectivity index (χ4n) is 2.15. The number of carbonyl (C=O) groups excluding carboxylic acids is 1. The van der Waals surface area contributed by atoms with Gasteiger partial charge in [-0.1, -0.05) is 23.2 Å². The van der Waals surface area contributed by atoms with Gasteiger partial charge in [-0.15, -0.1) is 0 Å². The van der Waals surface area contributed by atoms with Crippen LogP contribution < -0.4 is 10.1 Å². The molecule has 1 aromatic carbocycles. The Bertz CT molecular complexity index is 932. The van der Waals surface area contributed by atoms with E-state index in [1.54, 1.807) is 0 Å². The van der Waals surface area contributed by atoms with Crippen LogP contribution in [0.15, 0.2) is 30.3 Å². The minimum atomic E-state index is -4.56. The summed E-state index contributed by atoms with van der Waals surface area (Å²) < 4.78 is 43.4. The normalized spacial score (nSPS) is 11.2. The molecule has 7 nitrogen and oxygen atoms in total. The molecule has 2 aromatic rings. The number of pyridine rings is 1. The molecule has 0 spiro atoms. The summed E-state index contributed by atoms with van der Waals surface area (Å²) in [7, 11) is 0. The maximum atomic E-state index is 12.7. The number of hydrogen-bond acceptors (Lipinski definition) is 6. The number of thioether (sulfide) groups is 1. The van der Waals surface area contributed by atoms with Crippen molar-refractivity contribution < 1.29 is 27.6 Å². The number of amides is 1. The summed E-state index contributed by atoms with van der Waals surface area (Å²) in [4.78, 5) is 25.9. The van der Waals surface area contributed by atoms with Crippen molar-refractivity contribution in [3.05, 3.63) is 61.7 Å². The highest BCUT2D eigenvalue weighted by atomic mass is 35.5. The molecule has 0 aliphatic rings. The van der Waals surface area contributed by atoms with Crippen LogP contribution in [0.4, 0.5) is 18.9 Å². The van der Waals surface area contributed by atoms with Crippen LogP contribution >= 0.6 is 35.0 Å². The molecule has 1 aromatic heterocycles. The molecule has 1 amide bonds. The molecule has 0 unspecified atom stereocenters. The summed E-state index contributed by atoms with van der Waals surface area (Å²) >= 11 is 12.8. The Kier molecular flexibility index (Phi) is 8.56. The number of hydrogen-bond donors (Lipinski definition) is 1. The Morgan fingerprint density at radius 3 is 2.63 bits per heavy atom. The lowest BCUT2D eigenvalue weighted by atomic mass is 10.2. The zero-order valence-corrected chi connectivity index (χ0v) is 17.4. The fourth-order valence-corrected chi connectivity index (χ4v) is 3.21. The highest BCUT2D eigenvalue weighted by Gasteiger charge is 2.31. The molecule has 0 saturated carbocycles. The zero-order chi connectivity index (χ0) is 22.3. The molecule has 0 aliphatic carbocycles. The second-order valence-electron chi connectivity index (χ2n) is 5.65. The van der Waals surface area contributed by atoms with Crippen molar-refractivity contribution in [3.8, 4) is 5.88 Å². The molecule has 0 fully saturated rings. The van der Waals surface area contributed by atoms with E-state index in [1.165, 1.54) is 23.9 Å². The summed E-state index contributed by atoms with van der Waals surface area (Å²) in [6.07, 6.45) is -4.56. The number of halogens is 5. The van der Waals surface area contributed by atoms with Crippen molar-refractivity contribution in [2.24, 2.45) is 0 Å². The van der Waals surface area contributed by atoms with E-state index in [0.29, 0.717) is 17.6 Å². The van der Waals surface area contributed by atoms with Gasteiger partial charge in [-0.25, -0.2) is 4.98 Å². The van der Waals surface area contributed by atoms with E-state index in [9.17, 15) is 28.1 Å². The van der Waals surface area contributed by atoms with Crippen molar-refractivity contribution >= 4 is 46.6 Å². The van der Waals surface area contributed by atoms with E-state index in [1.807, 2.05) is 0 Å². The van der Waals surface area contributed by atoms with Gasteiger partial charge in [0.25, 0.3) is 11.6 Å². The molecule has 0 atom stereocenters. The first-order valence-electron chi connectivity index (χ1n) is 8.25. The van der Waals surface area contributed by atoms with Gasteiger partial charge >= 0.3 is 6.18 Å². The van der Waals surface area contributed by atoms with Crippen LogP contribution in [0.1, 0.15) is 15.9 Å². The maximum Gasteiger partial charge on any atom is 0.416 e. The van der Waals surface area contributed by atoms with Crippen molar-refractivity contribution in [2.75, 3.05) is 24.7 Å².